The monoisotopic (exact) mass is 620 g/mol. The van der Waals surface area contributed by atoms with E-state index in [2.05, 4.69) is 4.98 Å². The Morgan fingerprint density at radius 1 is 0.822 bits per heavy atom. The molecule has 45 heavy (non-hydrogen) atoms. The van der Waals surface area contributed by atoms with Crippen LogP contribution in [0.4, 0.5) is 22.4 Å². The molecule has 1 amide bonds. The predicted molar refractivity (Wildman–Crippen MR) is 162 cm³/mol. The van der Waals surface area contributed by atoms with E-state index in [1.165, 1.54) is 12.1 Å². The van der Waals surface area contributed by atoms with Crippen LogP contribution in [0.1, 0.15) is 37.5 Å². The first kappa shape index (κ1) is 31.6. The van der Waals surface area contributed by atoms with Gasteiger partial charge in [0.15, 0.2) is 0 Å². The summed E-state index contributed by atoms with van der Waals surface area (Å²) < 4.78 is 78.7. The summed E-state index contributed by atoms with van der Waals surface area (Å²) in [7, 11) is 0. The maximum Gasteiger partial charge on any atom is 0.410 e. The number of amides is 1. The Kier molecular flexibility index (Phi) is 9.13. The number of alkyl halides is 2. The summed E-state index contributed by atoms with van der Waals surface area (Å²) >= 11 is 0. The van der Waals surface area contributed by atoms with E-state index < -0.39 is 46.9 Å². The minimum atomic E-state index is -3.66. The lowest BCUT2D eigenvalue weighted by molar-refractivity contribution is -0.0106. The maximum absolute atomic E-state index is 15.7. The van der Waals surface area contributed by atoms with Crippen LogP contribution < -0.4 is 9.47 Å². The zero-order valence-corrected chi connectivity index (χ0v) is 25.0. The molecule has 3 aromatic carbocycles. The minimum Gasteiger partial charge on any atom is -0.473 e. The molecule has 10 heteroatoms. The average molecular weight is 621 g/mol. The van der Waals surface area contributed by atoms with Gasteiger partial charge in [-0.2, -0.15) is 13.8 Å². The first-order chi connectivity index (χ1) is 21.4. The Balaban J connectivity index is 1.44. The van der Waals surface area contributed by atoms with Crippen LogP contribution in [0.3, 0.4) is 0 Å². The number of pyridine rings is 1. The highest BCUT2D eigenvalue weighted by atomic mass is 19.3. The number of carbonyl (C=O) groups is 1. The number of hydrogen-bond acceptors (Lipinski definition) is 5. The number of carbonyl (C=O) groups excluding carboxylic acids is 1. The van der Waals surface area contributed by atoms with Crippen LogP contribution in [0.2, 0.25) is 0 Å². The highest BCUT2D eigenvalue weighted by Crippen LogP contribution is 2.41. The quantitative estimate of drug-likeness (QED) is 0.185. The second-order valence-electron chi connectivity index (χ2n) is 11.5. The van der Waals surface area contributed by atoms with Crippen LogP contribution in [-0.4, -0.2) is 40.6 Å². The largest absolute Gasteiger partial charge is 0.473 e. The molecule has 0 N–H and O–H groups in total. The molecule has 1 aliphatic heterocycles. The van der Waals surface area contributed by atoms with Gasteiger partial charge in [0.2, 0.25) is 11.8 Å². The van der Waals surface area contributed by atoms with E-state index in [0.29, 0.717) is 0 Å². The van der Waals surface area contributed by atoms with Crippen LogP contribution in [0.15, 0.2) is 91.0 Å². The molecule has 1 aromatic heterocycles. The van der Waals surface area contributed by atoms with E-state index in [1.807, 2.05) is 60.7 Å². The summed E-state index contributed by atoms with van der Waals surface area (Å²) in [6, 6.07) is 23.2. The van der Waals surface area contributed by atoms with Crippen molar-refractivity contribution in [3.05, 3.63) is 119 Å². The zero-order chi connectivity index (χ0) is 32.2. The molecule has 0 atom stereocenters. The maximum atomic E-state index is 15.7. The van der Waals surface area contributed by atoms with Crippen molar-refractivity contribution in [1.82, 2.24) is 9.88 Å². The number of rotatable bonds is 8. The topological polar surface area (TPSA) is 60.9 Å². The van der Waals surface area contributed by atoms with Crippen molar-refractivity contribution in [2.45, 2.75) is 45.5 Å². The van der Waals surface area contributed by atoms with Crippen molar-refractivity contribution in [1.29, 1.82) is 0 Å². The molecule has 6 nitrogen and oxygen atoms in total. The van der Waals surface area contributed by atoms with Crippen molar-refractivity contribution in [3.63, 3.8) is 0 Å². The van der Waals surface area contributed by atoms with E-state index in [-0.39, 0.29) is 42.6 Å². The van der Waals surface area contributed by atoms with Crippen molar-refractivity contribution >= 4 is 11.7 Å². The van der Waals surface area contributed by atoms with Gasteiger partial charge in [0.1, 0.15) is 30.4 Å². The molecule has 0 saturated heterocycles. The van der Waals surface area contributed by atoms with Crippen LogP contribution in [0.5, 0.6) is 11.8 Å². The Labute approximate surface area is 258 Å². The summed E-state index contributed by atoms with van der Waals surface area (Å²) in [5, 5.41) is 0. The number of aromatic nitrogens is 1. The molecule has 1 aliphatic rings. The molecule has 0 saturated carbocycles. The van der Waals surface area contributed by atoms with Gasteiger partial charge in [0, 0.05) is 34.9 Å². The van der Waals surface area contributed by atoms with Gasteiger partial charge in [0.05, 0.1) is 6.54 Å². The number of ether oxygens (including phenoxy) is 3. The fraction of sp³-hybridized carbons (Fsp3) is 0.257. The van der Waals surface area contributed by atoms with Gasteiger partial charge >= 0.3 is 6.09 Å². The van der Waals surface area contributed by atoms with E-state index in [1.54, 1.807) is 20.8 Å². The Morgan fingerprint density at radius 3 is 2.00 bits per heavy atom. The van der Waals surface area contributed by atoms with Crippen LogP contribution in [0, 0.1) is 11.6 Å². The van der Waals surface area contributed by atoms with Gasteiger partial charge in [-0.25, -0.2) is 13.6 Å². The lowest BCUT2D eigenvalue weighted by atomic mass is 9.93. The summed E-state index contributed by atoms with van der Waals surface area (Å²) in [5.41, 5.74) is -0.595. The lowest BCUT2D eigenvalue weighted by Gasteiger charge is -2.34. The van der Waals surface area contributed by atoms with Crippen molar-refractivity contribution in [2.75, 3.05) is 13.1 Å². The normalized spacial score (nSPS) is 14.5. The Hall–Kier alpha value is -4.86. The van der Waals surface area contributed by atoms with Gasteiger partial charge in [-0.05, 0) is 50.1 Å². The lowest BCUT2D eigenvalue weighted by Crippen LogP contribution is -2.47. The molecule has 0 fully saturated rings. The smallest absolute Gasteiger partial charge is 0.410 e. The molecule has 234 valence electrons. The molecule has 0 unspecified atom stereocenters. The Bertz CT molecular complexity index is 1690. The molecule has 0 bridgehead atoms. The highest BCUT2D eigenvalue weighted by Gasteiger charge is 2.43. The first-order valence-electron chi connectivity index (χ1n) is 14.3. The number of nitrogens with zero attached hydrogens (tertiary/aromatic N) is 2. The summed E-state index contributed by atoms with van der Waals surface area (Å²) in [4.78, 5) is 17.6. The fourth-order valence-electron chi connectivity index (χ4n) is 4.75. The SMILES string of the molecule is CC(C)(C)OC(=O)N1CC=C(c2cc(F)c(-c3ccc(OCc4ccccc4)nc3OCc3ccccc3)cc2F)C(F)(F)C1. The first-order valence-corrected chi connectivity index (χ1v) is 14.3. The van der Waals surface area contributed by atoms with Gasteiger partial charge < -0.3 is 14.2 Å². The van der Waals surface area contributed by atoms with Crippen LogP contribution in [0.25, 0.3) is 16.7 Å². The van der Waals surface area contributed by atoms with Crippen molar-refractivity contribution in [2.24, 2.45) is 0 Å². The third-order valence-corrected chi connectivity index (χ3v) is 6.87. The molecule has 0 aliphatic carbocycles. The summed E-state index contributed by atoms with van der Waals surface area (Å²) in [5.74, 6) is -5.51. The second-order valence-corrected chi connectivity index (χ2v) is 11.5. The van der Waals surface area contributed by atoms with Crippen LogP contribution >= 0.6 is 0 Å². The molecular weight excluding hydrogens is 588 g/mol. The molecule has 0 radical (unpaired) electrons. The molecule has 5 rings (SSSR count). The van der Waals surface area contributed by atoms with Gasteiger partial charge in [-0.1, -0.05) is 66.7 Å². The van der Waals surface area contributed by atoms with Gasteiger partial charge in [0.25, 0.3) is 5.92 Å². The highest BCUT2D eigenvalue weighted by molar-refractivity contribution is 5.79. The van der Waals surface area contributed by atoms with E-state index >= 15 is 17.6 Å². The van der Waals surface area contributed by atoms with Crippen LogP contribution in [-0.2, 0) is 18.0 Å². The van der Waals surface area contributed by atoms with E-state index in [4.69, 9.17) is 14.2 Å². The molecular formula is C35H32F4N2O4. The summed E-state index contributed by atoms with van der Waals surface area (Å²) in [6.45, 7) is 3.86. The van der Waals surface area contributed by atoms with E-state index in [9.17, 15) is 4.79 Å². The standard InChI is InChI=1S/C35H32F4N2O4/c1-34(2,3)45-33(42)41-17-16-28(35(38,39)22-41)27-19-29(36)26(18-30(27)37)25-14-15-31(43-20-23-10-6-4-7-11-23)40-32(25)44-21-24-12-8-5-9-13-24/h4-16,18-19H,17,20-22H2,1-3H3. The third kappa shape index (κ3) is 7.81. The molecule has 0 spiro atoms. The minimum absolute atomic E-state index is 0.0225. The van der Waals surface area contributed by atoms with Gasteiger partial charge in [-0.15, -0.1) is 0 Å². The summed E-state index contributed by atoms with van der Waals surface area (Å²) in [6.07, 6.45) is 0.0889. The predicted octanol–water partition coefficient (Wildman–Crippen LogP) is 8.45. The second kappa shape index (κ2) is 13.0. The number of halogens is 4. The van der Waals surface area contributed by atoms with Gasteiger partial charge in [-0.3, -0.25) is 4.90 Å². The zero-order valence-electron chi connectivity index (χ0n) is 25.0. The third-order valence-electron chi connectivity index (χ3n) is 6.87. The average Bonchev–Trinajstić information content (AvgIpc) is 3.00. The van der Waals surface area contributed by atoms with E-state index in [0.717, 1.165) is 34.2 Å². The molecule has 4 aromatic rings. The Morgan fingerprint density at radius 2 is 1.40 bits per heavy atom. The fourth-order valence-corrected chi connectivity index (χ4v) is 4.75. The number of benzene rings is 3. The molecule has 2 heterocycles. The van der Waals surface area contributed by atoms with Crippen molar-refractivity contribution in [3.8, 4) is 22.9 Å². The van der Waals surface area contributed by atoms with Crippen molar-refractivity contribution < 1.29 is 36.6 Å². The number of hydrogen-bond donors (Lipinski definition) is 0.